The summed E-state index contributed by atoms with van der Waals surface area (Å²) in [7, 11) is 0. The second-order valence-corrected chi connectivity index (χ2v) is 4.78. The predicted molar refractivity (Wildman–Crippen MR) is 68.5 cm³/mol. The first-order valence-corrected chi connectivity index (χ1v) is 6.14. The molecule has 5 nitrogen and oxygen atoms in total. The zero-order chi connectivity index (χ0) is 13.5. The molecule has 0 aliphatic carbocycles. The number of halogens is 1. The summed E-state index contributed by atoms with van der Waals surface area (Å²) in [5.74, 6) is -0.378. The maximum absolute atomic E-state index is 11.5. The van der Waals surface area contributed by atoms with Crippen molar-refractivity contribution in [1.29, 1.82) is 0 Å². The molecule has 0 radical (unpaired) electrons. The third-order valence-corrected chi connectivity index (χ3v) is 2.46. The molecule has 1 rings (SSSR count). The Morgan fingerprint density at radius 3 is 2.78 bits per heavy atom. The molecule has 0 fully saturated rings. The molecule has 0 unspecified atom stereocenters. The van der Waals surface area contributed by atoms with Gasteiger partial charge in [-0.1, -0.05) is 25.4 Å². The maximum atomic E-state index is 11.5. The van der Waals surface area contributed by atoms with Crippen molar-refractivity contribution >= 4 is 23.5 Å². The molecule has 0 spiro atoms. The summed E-state index contributed by atoms with van der Waals surface area (Å²) in [5, 5.41) is 3.09. The van der Waals surface area contributed by atoms with E-state index in [0.717, 1.165) is 6.42 Å². The number of rotatable bonds is 6. The van der Waals surface area contributed by atoms with E-state index in [0.29, 0.717) is 17.5 Å². The molecular formula is C12H17ClN2O3. The molecule has 1 aromatic rings. The number of carbonyl (C=O) groups is 2. The Balaban J connectivity index is 2.24. The first kappa shape index (κ1) is 14.6. The molecule has 100 valence electrons. The van der Waals surface area contributed by atoms with Crippen molar-refractivity contribution in [3.63, 3.8) is 0 Å². The number of ether oxygens (including phenoxy) is 1. The van der Waals surface area contributed by atoms with E-state index in [2.05, 4.69) is 24.1 Å². The molecule has 0 saturated heterocycles. The fraction of sp³-hybridized carbons (Fsp3) is 0.500. The van der Waals surface area contributed by atoms with E-state index in [4.69, 9.17) is 16.3 Å². The standard InChI is InChI=1S/C12H17ClN2O3/c1-8(2)3-4-14-11(16)7-18-12(17)10-5-9(13)6-15-10/h5-6,8,15H,3-4,7H2,1-2H3,(H,14,16). The van der Waals surface area contributed by atoms with Crippen LogP contribution in [0.1, 0.15) is 30.8 Å². The van der Waals surface area contributed by atoms with Gasteiger partial charge in [0.2, 0.25) is 0 Å². The zero-order valence-corrected chi connectivity index (χ0v) is 11.2. The van der Waals surface area contributed by atoms with Crippen LogP contribution in [-0.2, 0) is 9.53 Å². The minimum atomic E-state index is -0.596. The van der Waals surface area contributed by atoms with Crippen LogP contribution in [0.4, 0.5) is 0 Å². The van der Waals surface area contributed by atoms with Crippen LogP contribution in [0.2, 0.25) is 5.02 Å². The van der Waals surface area contributed by atoms with Crippen LogP contribution in [0.5, 0.6) is 0 Å². The van der Waals surface area contributed by atoms with Crippen molar-refractivity contribution < 1.29 is 14.3 Å². The largest absolute Gasteiger partial charge is 0.451 e. The summed E-state index contributed by atoms with van der Waals surface area (Å²) in [5.41, 5.74) is 0.231. The van der Waals surface area contributed by atoms with Gasteiger partial charge in [-0.2, -0.15) is 0 Å². The van der Waals surface area contributed by atoms with Crippen LogP contribution in [-0.4, -0.2) is 30.0 Å². The Morgan fingerprint density at radius 1 is 1.50 bits per heavy atom. The SMILES string of the molecule is CC(C)CCNC(=O)COC(=O)c1cc(Cl)c[nH]1. The first-order valence-electron chi connectivity index (χ1n) is 5.76. The third kappa shape index (κ3) is 5.23. The Kier molecular flexibility index (Phi) is 5.71. The topological polar surface area (TPSA) is 71.2 Å². The maximum Gasteiger partial charge on any atom is 0.355 e. The first-order chi connectivity index (χ1) is 8.49. The van der Waals surface area contributed by atoms with E-state index in [9.17, 15) is 9.59 Å². The fourth-order valence-corrected chi connectivity index (χ4v) is 1.41. The molecule has 18 heavy (non-hydrogen) atoms. The quantitative estimate of drug-likeness (QED) is 0.778. The lowest BCUT2D eigenvalue weighted by Gasteiger charge is -2.07. The van der Waals surface area contributed by atoms with Crippen LogP contribution < -0.4 is 5.32 Å². The highest BCUT2D eigenvalue weighted by atomic mass is 35.5. The van der Waals surface area contributed by atoms with Crippen LogP contribution >= 0.6 is 11.6 Å². The van der Waals surface area contributed by atoms with Crippen molar-refractivity contribution in [2.45, 2.75) is 20.3 Å². The zero-order valence-electron chi connectivity index (χ0n) is 10.5. The van der Waals surface area contributed by atoms with Gasteiger partial charge in [0.1, 0.15) is 5.69 Å². The highest BCUT2D eigenvalue weighted by Gasteiger charge is 2.11. The van der Waals surface area contributed by atoms with Crippen molar-refractivity contribution in [3.05, 3.63) is 23.0 Å². The highest BCUT2D eigenvalue weighted by molar-refractivity contribution is 6.30. The number of hydrogen-bond donors (Lipinski definition) is 2. The summed E-state index contributed by atoms with van der Waals surface area (Å²) >= 11 is 5.65. The summed E-state index contributed by atoms with van der Waals surface area (Å²) in [6, 6.07) is 1.44. The van der Waals surface area contributed by atoms with Gasteiger partial charge in [0.05, 0.1) is 5.02 Å². The number of nitrogens with one attached hydrogen (secondary N) is 2. The molecule has 6 heteroatoms. The Morgan fingerprint density at radius 2 is 2.22 bits per heavy atom. The van der Waals surface area contributed by atoms with Gasteiger partial charge >= 0.3 is 5.97 Å². The van der Waals surface area contributed by atoms with Crippen molar-refractivity contribution in [3.8, 4) is 0 Å². The lowest BCUT2D eigenvalue weighted by Crippen LogP contribution is -2.30. The average molecular weight is 273 g/mol. The monoisotopic (exact) mass is 272 g/mol. The summed E-state index contributed by atoms with van der Waals surface area (Å²) in [4.78, 5) is 25.4. The van der Waals surface area contributed by atoms with Gasteiger partial charge in [-0.05, 0) is 18.4 Å². The fourth-order valence-electron chi connectivity index (χ4n) is 1.25. The van der Waals surface area contributed by atoms with Gasteiger partial charge < -0.3 is 15.0 Å². The minimum absolute atomic E-state index is 0.231. The molecule has 1 aromatic heterocycles. The van der Waals surface area contributed by atoms with E-state index < -0.39 is 5.97 Å². The highest BCUT2D eigenvalue weighted by Crippen LogP contribution is 2.10. The lowest BCUT2D eigenvalue weighted by molar-refractivity contribution is -0.124. The predicted octanol–water partition coefficient (Wildman–Crippen LogP) is 1.99. The van der Waals surface area contributed by atoms with Gasteiger partial charge in [-0.25, -0.2) is 4.79 Å². The average Bonchev–Trinajstić information content (AvgIpc) is 2.72. The number of hydrogen-bond acceptors (Lipinski definition) is 3. The number of H-pyrrole nitrogens is 1. The molecular weight excluding hydrogens is 256 g/mol. The normalized spacial score (nSPS) is 10.4. The van der Waals surface area contributed by atoms with Gasteiger partial charge in [0.15, 0.2) is 6.61 Å². The van der Waals surface area contributed by atoms with E-state index in [1.165, 1.54) is 12.3 Å². The summed E-state index contributed by atoms with van der Waals surface area (Å²) in [6.07, 6.45) is 2.37. The molecule has 0 aliphatic heterocycles. The number of esters is 1. The van der Waals surface area contributed by atoms with Crippen LogP contribution in [0, 0.1) is 5.92 Å². The Bertz CT molecular complexity index is 415. The lowest BCUT2D eigenvalue weighted by atomic mass is 10.1. The number of aromatic amines is 1. The molecule has 0 bridgehead atoms. The molecule has 1 amide bonds. The molecule has 0 atom stereocenters. The minimum Gasteiger partial charge on any atom is -0.451 e. The van der Waals surface area contributed by atoms with Crippen molar-refractivity contribution in [1.82, 2.24) is 10.3 Å². The van der Waals surface area contributed by atoms with Gasteiger partial charge in [0, 0.05) is 12.7 Å². The van der Waals surface area contributed by atoms with Crippen molar-refractivity contribution in [2.75, 3.05) is 13.2 Å². The van der Waals surface area contributed by atoms with E-state index >= 15 is 0 Å². The second-order valence-electron chi connectivity index (χ2n) is 4.34. The van der Waals surface area contributed by atoms with Crippen LogP contribution in [0.15, 0.2) is 12.3 Å². The Hall–Kier alpha value is -1.49. The molecule has 2 N–H and O–H groups in total. The van der Waals surface area contributed by atoms with Gasteiger partial charge in [0.25, 0.3) is 5.91 Å². The van der Waals surface area contributed by atoms with Crippen molar-refractivity contribution in [2.24, 2.45) is 5.92 Å². The summed E-state index contributed by atoms with van der Waals surface area (Å²) < 4.78 is 4.82. The van der Waals surface area contributed by atoms with Gasteiger partial charge in [-0.3, -0.25) is 4.79 Å². The third-order valence-electron chi connectivity index (χ3n) is 2.25. The molecule has 0 aliphatic rings. The molecule has 1 heterocycles. The number of amides is 1. The van der Waals surface area contributed by atoms with Crippen LogP contribution in [0.3, 0.4) is 0 Å². The summed E-state index contributed by atoms with van der Waals surface area (Å²) in [6.45, 7) is 4.44. The van der Waals surface area contributed by atoms with E-state index in [1.807, 2.05) is 0 Å². The number of carbonyl (C=O) groups excluding carboxylic acids is 2. The van der Waals surface area contributed by atoms with Gasteiger partial charge in [-0.15, -0.1) is 0 Å². The Labute approximate surface area is 111 Å². The van der Waals surface area contributed by atoms with Crippen LogP contribution in [0.25, 0.3) is 0 Å². The number of aromatic nitrogens is 1. The second kappa shape index (κ2) is 7.06. The smallest absolute Gasteiger partial charge is 0.355 e. The molecule has 0 aromatic carbocycles. The molecule has 0 saturated carbocycles. The van der Waals surface area contributed by atoms with E-state index in [-0.39, 0.29) is 18.2 Å². The van der Waals surface area contributed by atoms with E-state index in [1.54, 1.807) is 0 Å².